The van der Waals surface area contributed by atoms with Crippen LogP contribution >= 0.6 is 0 Å². The summed E-state index contributed by atoms with van der Waals surface area (Å²) in [5, 5.41) is 0. The maximum absolute atomic E-state index is 6.52. The van der Waals surface area contributed by atoms with Crippen molar-refractivity contribution in [3.8, 4) is 0 Å². The molecular formula is C29H30O5. The molecule has 2 fully saturated rings. The van der Waals surface area contributed by atoms with Crippen molar-refractivity contribution in [2.75, 3.05) is 6.61 Å². The van der Waals surface area contributed by atoms with Gasteiger partial charge < -0.3 is 23.7 Å². The fourth-order valence-corrected chi connectivity index (χ4v) is 4.55. The second kappa shape index (κ2) is 10.6. The van der Waals surface area contributed by atoms with Gasteiger partial charge in [0, 0.05) is 0 Å². The van der Waals surface area contributed by atoms with Gasteiger partial charge in [0.15, 0.2) is 0 Å². The molecule has 2 heterocycles. The fraction of sp³-hybridized carbons (Fsp3) is 0.310. The third-order valence-electron chi connectivity index (χ3n) is 6.32. The molecule has 2 aliphatic rings. The predicted octanol–water partition coefficient (Wildman–Crippen LogP) is 5.05. The molecule has 0 N–H and O–H groups in total. The summed E-state index contributed by atoms with van der Waals surface area (Å²) in [7, 11) is 0. The Morgan fingerprint density at radius 2 is 1.18 bits per heavy atom. The molecule has 5 heteroatoms. The highest BCUT2D eigenvalue weighted by Gasteiger charge is 2.60. The third kappa shape index (κ3) is 4.99. The van der Waals surface area contributed by atoms with Crippen LogP contribution in [0.15, 0.2) is 104 Å². The molecule has 3 aromatic rings. The minimum Gasteiger partial charge on any atom is -0.368 e. The van der Waals surface area contributed by atoms with E-state index in [0.717, 1.165) is 16.7 Å². The van der Waals surface area contributed by atoms with Gasteiger partial charge in [0.25, 0.3) is 0 Å². The van der Waals surface area contributed by atoms with E-state index < -0.39 is 18.0 Å². The van der Waals surface area contributed by atoms with Gasteiger partial charge >= 0.3 is 0 Å². The number of fused-ring (bicyclic) bond motifs is 2. The Bertz CT molecular complexity index is 1040. The molecule has 2 aliphatic heterocycles. The lowest BCUT2D eigenvalue weighted by Crippen LogP contribution is -2.62. The summed E-state index contributed by atoms with van der Waals surface area (Å²) in [5.41, 5.74) is 3.23. The number of rotatable bonds is 10. The smallest absolute Gasteiger partial charge is 0.217 e. The Morgan fingerprint density at radius 1 is 0.706 bits per heavy atom. The van der Waals surface area contributed by atoms with Crippen molar-refractivity contribution in [2.24, 2.45) is 0 Å². The van der Waals surface area contributed by atoms with Gasteiger partial charge in [-0.05, 0) is 22.8 Å². The van der Waals surface area contributed by atoms with E-state index in [-0.39, 0.29) is 12.2 Å². The fourth-order valence-electron chi connectivity index (χ4n) is 4.55. The zero-order valence-corrected chi connectivity index (χ0v) is 19.1. The Kier molecular flexibility index (Phi) is 7.19. The molecule has 34 heavy (non-hydrogen) atoms. The van der Waals surface area contributed by atoms with E-state index >= 15 is 0 Å². The third-order valence-corrected chi connectivity index (χ3v) is 6.32. The molecule has 5 rings (SSSR count). The summed E-state index contributed by atoms with van der Waals surface area (Å²) in [6.07, 6.45) is 0.0919. The lowest BCUT2D eigenvalue weighted by atomic mass is 9.93. The van der Waals surface area contributed by atoms with Gasteiger partial charge in [0.05, 0.1) is 26.4 Å². The maximum Gasteiger partial charge on any atom is 0.217 e. The van der Waals surface area contributed by atoms with E-state index in [4.69, 9.17) is 23.7 Å². The SMILES string of the molecule is C=C[C@@]12OC[C@@H](O1)[C@@H](OCc1ccccc1)[C@@H](OCc1ccccc1)[C@@H]2OCc1ccccc1. The van der Waals surface area contributed by atoms with E-state index in [9.17, 15) is 0 Å². The summed E-state index contributed by atoms with van der Waals surface area (Å²) >= 11 is 0. The quantitative estimate of drug-likeness (QED) is 0.398. The molecule has 0 saturated carbocycles. The molecule has 0 spiro atoms. The van der Waals surface area contributed by atoms with Crippen LogP contribution in [0.25, 0.3) is 0 Å². The first-order chi connectivity index (χ1) is 16.8. The molecule has 5 nitrogen and oxygen atoms in total. The summed E-state index contributed by atoms with van der Waals surface area (Å²) in [6.45, 7) is 5.67. The lowest BCUT2D eigenvalue weighted by Gasteiger charge is -2.45. The van der Waals surface area contributed by atoms with Gasteiger partial charge in [-0.3, -0.25) is 0 Å². The molecule has 2 saturated heterocycles. The van der Waals surface area contributed by atoms with Crippen LogP contribution < -0.4 is 0 Å². The summed E-state index contributed by atoms with van der Waals surface area (Å²) in [6, 6.07) is 30.3. The first-order valence-electron chi connectivity index (χ1n) is 11.7. The second-order valence-corrected chi connectivity index (χ2v) is 8.63. The van der Waals surface area contributed by atoms with Crippen molar-refractivity contribution in [1.82, 2.24) is 0 Å². The highest BCUT2D eigenvalue weighted by Crippen LogP contribution is 2.42. The number of ether oxygens (including phenoxy) is 5. The standard InChI is InChI=1S/C29H30O5/c1-2-29-28(32-20-24-16-10-5-11-17-24)27(31-19-23-14-8-4-9-15-23)26(25(34-29)21-33-29)30-18-22-12-6-3-7-13-22/h2-17,25-28H,1,18-21H2/t25-,26-,27-,28+,29-/m1/s1. The number of hydrogen-bond acceptors (Lipinski definition) is 5. The predicted molar refractivity (Wildman–Crippen MR) is 129 cm³/mol. The number of benzene rings is 3. The molecule has 3 aromatic carbocycles. The van der Waals surface area contributed by atoms with Crippen molar-refractivity contribution < 1.29 is 23.7 Å². The van der Waals surface area contributed by atoms with Gasteiger partial charge in [-0.1, -0.05) is 97.6 Å². The lowest BCUT2D eigenvalue weighted by molar-refractivity contribution is -0.301. The van der Waals surface area contributed by atoms with Crippen LogP contribution in [0.2, 0.25) is 0 Å². The first kappa shape index (κ1) is 23.0. The molecule has 0 unspecified atom stereocenters. The largest absolute Gasteiger partial charge is 0.368 e. The van der Waals surface area contributed by atoms with E-state index in [1.807, 2.05) is 91.0 Å². The van der Waals surface area contributed by atoms with Crippen molar-refractivity contribution in [1.29, 1.82) is 0 Å². The van der Waals surface area contributed by atoms with Crippen LogP contribution in [-0.4, -0.2) is 36.8 Å². The molecule has 176 valence electrons. The van der Waals surface area contributed by atoms with E-state index in [0.29, 0.717) is 26.4 Å². The maximum atomic E-state index is 6.52. The van der Waals surface area contributed by atoms with Gasteiger partial charge in [-0.2, -0.15) is 0 Å². The number of hydrogen-bond donors (Lipinski definition) is 0. The Hall–Kier alpha value is -2.80. The Morgan fingerprint density at radius 3 is 1.68 bits per heavy atom. The molecule has 0 aromatic heterocycles. The zero-order valence-electron chi connectivity index (χ0n) is 19.1. The van der Waals surface area contributed by atoms with Crippen LogP contribution in [-0.2, 0) is 43.5 Å². The summed E-state index contributed by atoms with van der Waals surface area (Å²) in [4.78, 5) is 0. The monoisotopic (exact) mass is 458 g/mol. The minimum atomic E-state index is -1.08. The summed E-state index contributed by atoms with van der Waals surface area (Å²) in [5.74, 6) is -1.08. The van der Waals surface area contributed by atoms with Crippen molar-refractivity contribution >= 4 is 0 Å². The van der Waals surface area contributed by atoms with Crippen LogP contribution in [0, 0.1) is 0 Å². The second-order valence-electron chi connectivity index (χ2n) is 8.63. The zero-order chi connectivity index (χ0) is 23.2. The van der Waals surface area contributed by atoms with Crippen LogP contribution in [0.1, 0.15) is 16.7 Å². The molecular weight excluding hydrogens is 428 g/mol. The average Bonchev–Trinajstić information content (AvgIpc) is 3.29. The minimum absolute atomic E-state index is 0.279. The van der Waals surface area contributed by atoms with E-state index in [2.05, 4.69) is 6.58 Å². The van der Waals surface area contributed by atoms with Crippen molar-refractivity contribution in [2.45, 2.75) is 50.0 Å². The topological polar surface area (TPSA) is 46.2 Å². The van der Waals surface area contributed by atoms with Gasteiger partial charge in [-0.25, -0.2) is 0 Å². The van der Waals surface area contributed by atoms with Crippen molar-refractivity contribution in [3.05, 3.63) is 120 Å². The summed E-state index contributed by atoms with van der Waals surface area (Å²) < 4.78 is 31.9. The Labute approximate surface area is 200 Å². The van der Waals surface area contributed by atoms with Gasteiger partial charge in [-0.15, -0.1) is 0 Å². The van der Waals surface area contributed by atoms with Crippen molar-refractivity contribution in [3.63, 3.8) is 0 Å². The Balaban J connectivity index is 1.40. The van der Waals surface area contributed by atoms with E-state index in [1.54, 1.807) is 6.08 Å². The highest BCUT2D eigenvalue weighted by molar-refractivity contribution is 5.17. The van der Waals surface area contributed by atoms with Crippen LogP contribution in [0.5, 0.6) is 0 Å². The first-order valence-corrected chi connectivity index (χ1v) is 11.7. The van der Waals surface area contributed by atoms with Crippen LogP contribution in [0.4, 0.5) is 0 Å². The van der Waals surface area contributed by atoms with Gasteiger partial charge in [0.2, 0.25) is 5.79 Å². The molecule has 2 bridgehead atoms. The average molecular weight is 459 g/mol. The van der Waals surface area contributed by atoms with E-state index in [1.165, 1.54) is 0 Å². The highest BCUT2D eigenvalue weighted by atomic mass is 16.8. The normalized spacial score (nSPS) is 28.0. The molecule has 0 aliphatic carbocycles. The molecule has 0 amide bonds. The molecule has 5 atom stereocenters. The molecule has 0 radical (unpaired) electrons. The van der Waals surface area contributed by atoms with Crippen LogP contribution in [0.3, 0.4) is 0 Å². The van der Waals surface area contributed by atoms with Gasteiger partial charge in [0.1, 0.15) is 24.4 Å².